The zero-order chi connectivity index (χ0) is 11.8. The first-order valence-electron chi connectivity index (χ1n) is 4.14. The Kier molecular flexibility index (Phi) is 2.59. The van der Waals surface area contributed by atoms with Gasteiger partial charge in [0.05, 0.1) is 10.6 Å². The number of benzene rings is 1. The highest BCUT2D eigenvalue weighted by atomic mass is 35.5. The Morgan fingerprint density at radius 1 is 1.12 bits per heavy atom. The molecule has 0 saturated carbocycles. The minimum atomic E-state index is -4.65. The van der Waals surface area contributed by atoms with Crippen LogP contribution in [0.25, 0.3) is 11.5 Å². The fraction of sp³-hybridized carbons (Fsp3) is 0.111. The van der Waals surface area contributed by atoms with Crippen molar-refractivity contribution < 1.29 is 17.6 Å². The molecule has 0 aliphatic heterocycles. The molecule has 3 nitrogen and oxygen atoms in total. The normalized spacial score (nSPS) is 11.8. The minimum absolute atomic E-state index is 0.250. The van der Waals surface area contributed by atoms with Crippen LogP contribution in [0.15, 0.2) is 28.7 Å². The van der Waals surface area contributed by atoms with Gasteiger partial charge in [-0.3, -0.25) is 0 Å². The lowest BCUT2D eigenvalue weighted by molar-refractivity contribution is -0.156. The predicted molar refractivity (Wildman–Crippen MR) is 49.7 cm³/mol. The minimum Gasteiger partial charge on any atom is -0.413 e. The Balaban J connectivity index is 2.44. The summed E-state index contributed by atoms with van der Waals surface area (Å²) in [6.45, 7) is 0. The summed E-state index contributed by atoms with van der Waals surface area (Å²) in [6, 6.07) is 6.27. The van der Waals surface area contributed by atoms with Crippen molar-refractivity contribution in [2.45, 2.75) is 6.18 Å². The molecular weight excluding hydrogens is 245 g/mol. The average molecular weight is 249 g/mol. The SMILES string of the molecule is FC(F)(F)c1nnc(-c2ccccc2Cl)o1. The van der Waals surface area contributed by atoms with Crippen LogP contribution in [-0.2, 0) is 6.18 Å². The van der Waals surface area contributed by atoms with E-state index < -0.39 is 12.1 Å². The lowest BCUT2D eigenvalue weighted by Crippen LogP contribution is -2.04. The molecule has 84 valence electrons. The Morgan fingerprint density at radius 2 is 1.81 bits per heavy atom. The van der Waals surface area contributed by atoms with Gasteiger partial charge in [-0.25, -0.2) is 0 Å². The maximum absolute atomic E-state index is 12.2. The van der Waals surface area contributed by atoms with Gasteiger partial charge in [-0.1, -0.05) is 23.7 Å². The van der Waals surface area contributed by atoms with Gasteiger partial charge in [-0.05, 0) is 12.1 Å². The van der Waals surface area contributed by atoms with Crippen LogP contribution in [0.1, 0.15) is 5.89 Å². The van der Waals surface area contributed by atoms with Crippen LogP contribution in [0.4, 0.5) is 13.2 Å². The summed E-state index contributed by atoms with van der Waals surface area (Å²) in [5, 5.41) is 6.45. The number of alkyl halides is 3. The molecule has 1 aromatic carbocycles. The number of halogens is 4. The van der Waals surface area contributed by atoms with Crippen LogP contribution >= 0.6 is 11.6 Å². The zero-order valence-corrected chi connectivity index (χ0v) is 8.38. The molecule has 16 heavy (non-hydrogen) atoms. The Morgan fingerprint density at radius 3 is 2.38 bits per heavy atom. The maximum atomic E-state index is 12.2. The first-order valence-corrected chi connectivity index (χ1v) is 4.52. The van der Waals surface area contributed by atoms with Crippen molar-refractivity contribution in [2.75, 3.05) is 0 Å². The van der Waals surface area contributed by atoms with Gasteiger partial charge in [-0.15, -0.1) is 10.2 Å². The van der Waals surface area contributed by atoms with E-state index in [9.17, 15) is 13.2 Å². The molecule has 0 aliphatic carbocycles. The van der Waals surface area contributed by atoms with Crippen LogP contribution in [0.5, 0.6) is 0 Å². The van der Waals surface area contributed by atoms with E-state index >= 15 is 0 Å². The predicted octanol–water partition coefficient (Wildman–Crippen LogP) is 3.41. The number of aromatic nitrogens is 2. The third-order valence-corrected chi connectivity index (χ3v) is 2.10. The lowest BCUT2D eigenvalue weighted by Gasteiger charge is -1.98. The van der Waals surface area contributed by atoms with E-state index in [0.29, 0.717) is 0 Å². The molecule has 2 rings (SSSR count). The van der Waals surface area contributed by atoms with Crippen LogP contribution in [0, 0.1) is 0 Å². The number of nitrogens with zero attached hydrogens (tertiary/aromatic N) is 2. The third kappa shape index (κ3) is 2.01. The molecular formula is C9H4ClF3N2O. The van der Waals surface area contributed by atoms with Crippen LogP contribution in [-0.4, -0.2) is 10.2 Å². The largest absolute Gasteiger partial charge is 0.470 e. The van der Waals surface area contributed by atoms with Crippen molar-refractivity contribution in [3.8, 4) is 11.5 Å². The summed E-state index contributed by atoms with van der Waals surface area (Å²) >= 11 is 5.77. The standard InChI is InChI=1S/C9H4ClF3N2O/c10-6-4-2-1-3-5(6)7-14-15-8(16-7)9(11,12)13/h1-4H. The summed E-state index contributed by atoms with van der Waals surface area (Å²) in [5.41, 5.74) is 0.271. The van der Waals surface area contributed by atoms with Gasteiger partial charge >= 0.3 is 12.1 Å². The van der Waals surface area contributed by atoms with Gasteiger partial charge in [0.25, 0.3) is 0 Å². The first kappa shape index (κ1) is 10.9. The van der Waals surface area contributed by atoms with Gasteiger partial charge in [0, 0.05) is 0 Å². The molecule has 1 heterocycles. The van der Waals surface area contributed by atoms with Crippen molar-refractivity contribution in [2.24, 2.45) is 0 Å². The second-order valence-corrected chi connectivity index (χ2v) is 3.30. The zero-order valence-electron chi connectivity index (χ0n) is 7.62. The second kappa shape index (κ2) is 3.79. The van der Waals surface area contributed by atoms with Gasteiger partial charge < -0.3 is 4.42 Å². The Bertz CT molecular complexity index is 509. The van der Waals surface area contributed by atoms with Gasteiger partial charge in [0.1, 0.15) is 0 Å². The molecule has 0 aliphatic rings. The highest BCUT2D eigenvalue weighted by Gasteiger charge is 2.38. The van der Waals surface area contributed by atoms with E-state index in [0.717, 1.165) is 0 Å². The van der Waals surface area contributed by atoms with E-state index in [1.807, 2.05) is 0 Å². The summed E-state index contributed by atoms with van der Waals surface area (Å²) in [7, 11) is 0. The number of hydrogen-bond acceptors (Lipinski definition) is 3. The van der Waals surface area contributed by atoms with Crippen molar-refractivity contribution in [1.82, 2.24) is 10.2 Å². The van der Waals surface area contributed by atoms with Gasteiger partial charge in [0.2, 0.25) is 5.89 Å². The molecule has 0 saturated heterocycles. The summed E-state index contributed by atoms with van der Waals surface area (Å²) < 4.78 is 41.0. The Labute approximate surface area is 92.9 Å². The van der Waals surface area contributed by atoms with Gasteiger partial charge in [0.15, 0.2) is 0 Å². The topological polar surface area (TPSA) is 38.9 Å². The van der Waals surface area contributed by atoms with E-state index in [1.165, 1.54) is 12.1 Å². The molecule has 0 fully saturated rings. The van der Waals surface area contributed by atoms with Crippen molar-refractivity contribution in [3.05, 3.63) is 35.2 Å². The maximum Gasteiger partial charge on any atom is 0.470 e. The highest BCUT2D eigenvalue weighted by molar-refractivity contribution is 6.33. The summed E-state index contributed by atoms with van der Waals surface area (Å²) in [5.74, 6) is -1.64. The second-order valence-electron chi connectivity index (χ2n) is 2.89. The molecule has 0 spiro atoms. The smallest absolute Gasteiger partial charge is 0.413 e. The van der Waals surface area contributed by atoms with E-state index in [-0.39, 0.29) is 16.5 Å². The fourth-order valence-electron chi connectivity index (χ4n) is 1.08. The molecule has 1 aromatic heterocycles. The summed E-state index contributed by atoms with van der Waals surface area (Å²) in [6.07, 6.45) is -4.65. The van der Waals surface area contributed by atoms with E-state index in [1.54, 1.807) is 12.1 Å². The molecule has 0 unspecified atom stereocenters. The highest BCUT2D eigenvalue weighted by Crippen LogP contribution is 2.32. The molecule has 2 aromatic rings. The van der Waals surface area contributed by atoms with Crippen molar-refractivity contribution in [1.29, 1.82) is 0 Å². The molecule has 7 heteroatoms. The quantitative estimate of drug-likeness (QED) is 0.776. The monoisotopic (exact) mass is 248 g/mol. The molecule has 0 atom stereocenters. The van der Waals surface area contributed by atoms with Crippen molar-refractivity contribution >= 4 is 11.6 Å². The Hall–Kier alpha value is -1.56. The molecule has 0 bridgehead atoms. The van der Waals surface area contributed by atoms with Crippen molar-refractivity contribution in [3.63, 3.8) is 0 Å². The van der Waals surface area contributed by atoms with E-state index in [2.05, 4.69) is 14.6 Å². The fourth-order valence-corrected chi connectivity index (χ4v) is 1.30. The summed E-state index contributed by atoms with van der Waals surface area (Å²) in [4.78, 5) is 0. The third-order valence-electron chi connectivity index (χ3n) is 1.77. The van der Waals surface area contributed by atoms with Crippen LogP contribution in [0.2, 0.25) is 5.02 Å². The first-order chi connectivity index (χ1) is 7.48. The molecule has 0 amide bonds. The lowest BCUT2D eigenvalue weighted by atomic mass is 10.2. The van der Waals surface area contributed by atoms with Crippen LogP contribution < -0.4 is 0 Å². The van der Waals surface area contributed by atoms with E-state index in [4.69, 9.17) is 11.6 Å². The van der Waals surface area contributed by atoms with Gasteiger partial charge in [-0.2, -0.15) is 13.2 Å². The number of rotatable bonds is 1. The average Bonchev–Trinajstić information content (AvgIpc) is 2.66. The molecule has 0 radical (unpaired) electrons. The number of hydrogen-bond donors (Lipinski definition) is 0. The molecule has 0 N–H and O–H groups in total. The van der Waals surface area contributed by atoms with Crippen LogP contribution in [0.3, 0.4) is 0 Å².